The van der Waals surface area contributed by atoms with Crippen LogP contribution in [0.15, 0.2) is 47.5 Å². The van der Waals surface area contributed by atoms with E-state index in [1.807, 2.05) is 12.1 Å². The van der Waals surface area contributed by atoms with E-state index >= 15 is 0 Å². The third-order valence-corrected chi connectivity index (χ3v) is 7.92. The molecule has 3 nitrogen and oxygen atoms in total. The molecule has 0 radical (unpaired) electrons. The van der Waals surface area contributed by atoms with Crippen molar-refractivity contribution in [3.8, 4) is 0 Å². The summed E-state index contributed by atoms with van der Waals surface area (Å²) in [6, 6.07) is 10.3. The molecule has 0 fully saturated rings. The Labute approximate surface area is 159 Å². The predicted octanol–water partition coefficient (Wildman–Crippen LogP) is 2.84. The van der Waals surface area contributed by atoms with Crippen LogP contribution in [0.25, 0.3) is 12.2 Å². The highest BCUT2D eigenvalue weighted by Crippen LogP contribution is 2.40. The Morgan fingerprint density at radius 3 is 2.55 bits per heavy atom. The highest BCUT2D eigenvalue weighted by molar-refractivity contribution is 14.1. The van der Waals surface area contributed by atoms with Gasteiger partial charge in [-0.25, -0.2) is 12.4 Å². The van der Waals surface area contributed by atoms with E-state index in [1.165, 1.54) is 3.97 Å². The molecule has 0 N–H and O–H groups in total. The second-order valence-corrected chi connectivity index (χ2v) is 12.1. The monoisotopic (exact) mass is 555 g/mol. The average Bonchev–Trinajstić information content (AvgIpc) is 2.89. The van der Waals surface area contributed by atoms with E-state index in [2.05, 4.69) is 60.5 Å². The first-order chi connectivity index (χ1) is 10.4. The van der Waals surface area contributed by atoms with E-state index in [1.54, 1.807) is 36.5 Å². The molecule has 116 valence electrons. The number of hydrogen-bond donors (Lipinski definition) is 0. The van der Waals surface area contributed by atoms with Gasteiger partial charge in [-0.1, -0.05) is 78.7 Å². The zero-order valence-electron chi connectivity index (χ0n) is 11.3. The number of rotatable bonds is 3. The van der Waals surface area contributed by atoms with Crippen molar-refractivity contribution in [3.63, 3.8) is 0 Å². The molecule has 0 spiro atoms. The maximum Gasteiger partial charge on any atom is 0.268 e. The molecule has 2 atom stereocenters. The van der Waals surface area contributed by atoms with Gasteiger partial charge < -0.3 is 0 Å². The summed E-state index contributed by atoms with van der Waals surface area (Å²) in [4.78, 5) is 0.290. The highest BCUT2D eigenvalue weighted by atomic mass is 127. The lowest BCUT2D eigenvalue weighted by Crippen LogP contribution is -2.41. The second kappa shape index (κ2) is 6.07. The van der Waals surface area contributed by atoms with Gasteiger partial charge in [0.15, 0.2) is 0 Å². The minimum absolute atomic E-state index is 0.246. The van der Waals surface area contributed by atoms with Crippen LogP contribution < -0.4 is 10.6 Å². The van der Waals surface area contributed by atoms with Crippen LogP contribution in [0.5, 0.6) is 0 Å². The molecule has 0 bridgehead atoms. The lowest BCUT2D eigenvalue weighted by molar-refractivity contribution is 0.586. The van der Waals surface area contributed by atoms with Gasteiger partial charge in [-0.15, -0.1) is 0 Å². The smallest absolute Gasteiger partial charge is 0.241 e. The van der Waals surface area contributed by atoms with Crippen molar-refractivity contribution in [1.29, 1.82) is 0 Å². The Balaban J connectivity index is 2.25. The SMILES string of the molecule is O=S(=O)(c1ccccc1)n1ccc2c1=CC(Br)(I)C(CBr)C=2. The van der Waals surface area contributed by atoms with Gasteiger partial charge in [0.05, 0.1) is 10.2 Å². The molecule has 1 aliphatic carbocycles. The molecule has 7 heteroatoms. The topological polar surface area (TPSA) is 39.1 Å². The Kier molecular flexibility index (Phi) is 4.61. The molecule has 0 saturated heterocycles. The molecule has 1 aliphatic rings. The molecule has 22 heavy (non-hydrogen) atoms. The highest BCUT2D eigenvalue weighted by Gasteiger charge is 2.32. The van der Waals surface area contributed by atoms with Crippen molar-refractivity contribution >= 4 is 76.6 Å². The average molecular weight is 557 g/mol. The number of alkyl halides is 3. The molecule has 1 aromatic heterocycles. The first kappa shape index (κ1) is 16.7. The first-order valence-electron chi connectivity index (χ1n) is 6.53. The van der Waals surface area contributed by atoms with E-state index < -0.39 is 10.0 Å². The zero-order chi connectivity index (χ0) is 16.0. The van der Waals surface area contributed by atoms with Gasteiger partial charge >= 0.3 is 0 Å². The normalized spacial score (nSPS) is 24.2. The maximum absolute atomic E-state index is 12.8. The van der Waals surface area contributed by atoms with Crippen molar-refractivity contribution in [2.75, 3.05) is 5.33 Å². The van der Waals surface area contributed by atoms with E-state index in [0.717, 1.165) is 10.5 Å². The van der Waals surface area contributed by atoms with Crippen LogP contribution in [0, 0.1) is 5.92 Å². The van der Waals surface area contributed by atoms with E-state index in [0.29, 0.717) is 5.35 Å². The Bertz CT molecular complexity index is 920. The maximum atomic E-state index is 12.8. The molecular weight excluding hydrogens is 545 g/mol. The molecule has 1 heterocycles. The Morgan fingerprint density at radius 1 is 1.23 bits per heavy atom. The lowest BCUT2D eigenvalue weighted by Gasteiger charge is -2.26. The first-order valence-corrected chi connectivity index (χ1v) is 11.0. The molecule has 0 aliphatic heterocycles. The van der Waals surface area contributed by atoms with Gasteiger partial charge in [0.1, 0.15) is 2.33 Å². The van der Waals surface area contributed by atoms with Crippen LogP contribution in [-0.4, -0.2) is 20.1 Å². The minimum Gasteiger partial charge on any atom is -0.241 e. The number of aromatic nitrogens is 1. The lowest BCUT2D eigenvalue weighted by atomic mass is 10.0. The summed E-state index contributed by atoms with van der Waals surface area (Å²) in [5.41, 5.74) is 0. The van der Waals surface area contributed by atoms with E-state index in [9.17, 15) is 8.42 Å². The summed E-state index contributed by atoms with van der Waals surface area (Å²) in [5, 5.41) is 2.44. The van der Waals surface area contributed by atoms with Gasteiger partial charge in [0, 0.05) is 17.4 Å². The van der Waals surface area contributed by atoms with Crippen molar-refractivity contribution < 1.29 is 8.42 Å². The van der Waals surface area contributed by atoms with E-state index in [-0.39, 0.29) is 13.1 Å². The van der Waals surface area contributed by atoms with Crippen molar-refractivity contribution in [1.82, 2.24) is 3.97 Å². The number of hydrogen-bond acceptors (Lipinski definition) is 2. The number of halogens is 3. The Hall–Kier alpha value is -0.120. The third-order valence-electron chi connectivity index (χ3n) is 3.59. The molecule has 0 saturated carbocycles. The van der Waals surface area contributed by atoms with Crippen molar-refractivity contribution in [3.05, 3.63) is 53.2 Å². The van der Waals surface area contributed by atoms with Gasteiger partial charge in [-0.2, -0.15) is 0 Å². The zero-order valence-corrected chi connectivity index (χ0v) is 17.4. The quantitative estimate of drug-likeness (QED) is 0.431. The summed E-state index contributed by atoms with van der Waals surface area (Å²) in [5.74, 6) is 0.246. The summed E-state index contributed by atoms with van der Waals surface area (Å²) >= 11 is 9.50. The van der Waals surface area contributed by atoms with Gasteiger partial charge in [0.25, 0.3) is 10.0 Å². The number of nitrogens with zero attached hydrogens (tertiary/aromatic N) is 1. The fourth-order valence-corrected chi connectivity index (χ4v) is 6.72. The van der Waals surface area contributed by atoms with Gasteiger partial charge in [-0.3, -0.25) is 0 Å². The summed E-state index contributed by atoms with van der Waals surface area (Å²) in [6.07, 6.45) is 5.69. The van der Waals surface area contributed by atoms with Crippen molar-refractivity contribution in [2.45, 2.75) is 7.23 Å². The van der Waals surface area contributed by atoms with Crippen LogP contribution in [0.3, 0.4) is 0 Å². The number of benzene rings is 1. The fourth-order valence-electron chi connectivity index (χ4n) is 2.41. The molecular formula is C15H12Br2INO2S. The predicted molar refractivity (Wildman–Crippen MR) is 105 cm³/mol. The van der Waals surface area contributed by atoms with Crippen LogP contribution >= 0.6 is 54.5 Å². The molecule has 1 aromatic carbocycles. The second-order valence-electron chi connectivity index (χ2n) is 5.02. The van der Waals surface area contributed by atoms with Crippen LogP contribution in [-0.2, 0) is 10.0 Å². The standard InChI is InChI=1S/C15H12Br2INO2S/c16-10-12-8-11-6-7-19(14(11)9-15(12,17)18)22(20,21)13-4-2-1-3-5-13/h1-9,12H,10H2. The minimum atomic E-state index is -3.58. The summed E-state index contributed by atoms with van der Waals surface area (Å²) in [7, 11) is -3.58. The van der Waals surface area contributed by atoms with Crippen LogP contribution in [0.2, 0.25) is 0 Å². The molecule has 2 unspecified atom stereocenters. The largest absolute Gasteiger partial charge is 0.268 e. The molecule has 2 aromatic rings. The summed E-state index contributed by atoms with van der Waals surface area (Å²) in [6.45, 7) is 0. The summed E-state index contributed by atoms with van der Waals surface area (Å²) < 4.78 is 26.7. The van der Waals surface area contributed by atoms with Crippen molar-refractivity contribution in [2.24, 2.45) is 5.92 Å². The number of fused-ring (bicyclic) bond motifs is 1. The molecule has 3 rings (SSSR count). The fraction of sp³-hybridized carbons (Fsp3) is 0.200. The van der Waals surface area contributed by atoms with Gasteiger partial charge in [0.2, 0.25) is 0 Å². The van der Waals surface area contributed by atoms with E-state index in [4.69, 9.17) is 0 Å². The Morgan fingerprint density at radius 2 is 1.91 bits per heavy atom. The van der Waals surface area contributed by atoms with Gasteiger partial charge in [-0.05, 0) is 29.5 Å². The molecule has 0 amide bonds. The van der Waals surface area contributed by atoms with Crippen LogP contribution in [0.4, 0.5) is 0 Å². The van der Waals surface area contributed by atoms with Crippen LogP contribution in [0.1, 0.15) is 0 Å². The third kappa shape index (κ3) is 2.85.